The minimum absolute atomic E-state index is 0.0909. The number of carbonyl (C=O) groups is 1. The number of nitrogens with zero attached hydrogens (tertiary/aromatic N) is 2. The third-order valence-corrected chi connectivity index (χ3v) is 4.49. The van der Waals surface area contributed by atoms with E-state index < -0.39 is 0 Å². The highest BCUT2D eigenvalue weighted by Crippen LogP contribution is 2.11. The Morgan fingerprint density at radius 3 is 2.83 bits per heavy atom. The fourth-order valence-electron chi connectivity index (χ4n) is 3.02. The molecule has 2 heterocycles. The molecule has 2 aliphatic rings. The summed E-state index contributed by atoms with van der Waals surface area (Å²) in [5, 5.41) is 2.98. The van der Waals surface area contributed by atoms with Crippen LogP contribution in [-0.2, 0) is 19.0 Å². The summed E-state index contributed by atoms with van der Waals surface area (Å²) in [7, 11) is 1.67. The highest BCUT2D eigenvalue weighted by Gasteiger charge is 2.29. The van der Waals surface area contributed by atoms with E-state index in [0.29, 0.717) is 19.8 Å². The average Bonchev–Trinajstić information content (AvgIpc) is 2.59. The highest BCUT2D eigenvalue weighted by molar-refractivity contribution is 5.81. The summed E-state index contributed by atoms with van der Waals surface area (Å²) in [6.45, 7) is 10.1. The lowest BCUT2D eigenvalue weighted by atomic mass is 10.2. The van der Waals surface area contributed by atoms with Crippen LogP contribution in [0.5, 0.6) is 0 Å². The fourth-order valence-corrected chi connectivity index (χ4v) is 3.02. The summed E-state index contributed by atoms with van der Waals surface area (Å²) in [6, 6.07) is -0.117. The second-order valence-corrected chi connectivity index (χ2v) is 6.21. The molecule has 0 aliphatic carbocycles. The molecular weight excluding hydrogens is 298 g/mol. The van der Waals surface area contributed by atoms with Crippen molar-refractivity contribution in [2.75, 3.05) is 72.8 Å². The van der Waals surface area contributed by atoms with E-state index in [0.717, 1.165) is 52.4 Å². The maximum absolute atomic E-state index is 12.2. The Hall–Kier alpha value is -0.730. The average molecular weight is 329 g/mol. The van der Waals surface area contributed by atoms with Crippen LogP contribution in [0.2, 0.25) is 0 Å². The SMILES string of the molecule is COCCCNC(=O)C(C)N1CCOC(CN2CCOCC2)C1. The molecule has 0 radical (unpaired) electrons. The molecule has 2 saturated heterocycles. The Balaban J connectivity index is 1.72. The van der Waals surface area contributed by atoms with Crippen molar-refractivity contribution in [2.24, 2.45) is 0 Å². The van der Waals surface area contributed by atoms with Gasteiger partial charge in [-0.1, -0.05) is 0 Å². The first-order valence-corrected chi connectivity index (χ1v) is 8.63. The van der Waals surface area contributed by atoms with Crippen molar-refractivity contribution in [3.63, 3.8) is 0 Å². The van der Waals surface area contributed by atoms with Crippen LogP contribution >= 0.6 is 0 Å². The number of rotatable bonds is 8. The zero-order valence-electron chi connectivity index (χ0n) is 14.5. The lowest BCUT2D eigenvalue weighted by Crippen LogP contribution is -2.55. The molecule has 2 atom stereocenters. The second-order valence-electron chi connectivity index (χ2n) is 6.21. The van der Waals surface area contributed by atoms with Gasteiger partial charge in [-0.2, -0.15) is 0 Å². The van der Waals surface area contributed by atoms with Gasteiger partial charge in [-0.15, -0.1) is 0 Å². The van der Waals surface area contributed by atoms with Crippen LogP contribution in [0, 0.1) is 0 Å². The van der Waals surface area contributed by atoms with Crippen molar-refractivity contribution >= 4 is 5.91 Å². The molecule has 2 rings (SSSR count). The Labute approximate surface area is 139 Å². The Kier molecular flexibility index (Phi) is 8.25. The van der Waals surface area contributed by atoms with Gasteiger partial charge >= 0.3 is 0 Å². The minimum Gasteiger partial charge on any atom is -0.385 e. The summed E-state index contributed by atoms with van der Waals surface area (Å²) in [5.74, 6) is 0.0909. The number of ether oxygens (including phenoxy) is 3. The van der Waals surface area contributed by atoms with E-state index >= 15 is 0 Å². The van der Waals surface area contributed by atoms with Gasteiger partial charge in [0.1, 0.15) is 0 Å². The smallest absolute Gasteiger partial charge is 0.237 e. The van der Waals surface area contributed by atoms with Crippen LogP contribution in [0.25, 0.3) is 0 Å². The third kappa shape index (κ3) is 6.35. The van der Waals surface area contributed by atoms with Gasteiger partial charge in [0.05, 0.1) is 32.0 Å². The normalized spacial score (nSPS) is 25.2. The summed E-state index contributed by atoms with van der Waals surface area (Å²) in [6.07, 6.45) is 1.02. The van der Waals surface area contributed by atoms with Gasteiger partial charge in [-0.25, -0.2) is 0 Å². The number of morpholine rings is 2. The van der Waals surface area contributed by atoms with Gasteiger partial charge in [-0.05, 0) is 13.3 Å². The monoisotopic (exact) mass is 329 g/mol. The lowest BCUT2D eigenvalue weighted by molar-refractivity contribution is -0.129. The number of hydrogen-bond acceptors (Lipinski definition) is 6. The Morgan fingerprint density at radius 1 is 1.30 bits per heavy atom. The number of methoxy groups -OCH3 is 1. The predicted molar refractivity (Wildman–Crippen MR) is 87.5 cm³/mol. The van der Waals surface area contributed by atoms with Gasteiger partial charge in [0, 0.05) is 53.0 Å². The molecule has 2 aliphatic heterocycles. The van der Waals surface area contributed by atoms with Gasteiger partial charge in [-0.3, -0.25) is 14.6 Å². The van der Waals surface area contributed by atoms with Gasteiger partial charge < -0.3 is 19.5 Å². The zero-order chi connectivity index (χ0) is 16.5. The quantitative estimate of drug-likeness (QED) is 0.609. The molecule has 23 heavy (non-hydrogen) atoms. The number of amides is 1. The second kappa shape index (κ2) is 10.2. The van der Waals surface area contributed by atoms with Crippen molar-refractivity contribution < 1.29 is 19.0 Å². The molecule has 134 valence electrons. The first-order valence-electron chi connectivity index (χ1n) is 8.63. The van der Waals surface area contributed by atoms with E-state index in [1.165, 1.54) is 0 Å². The van der Waals surface area contributed by atoms with Crippen molar-refractivity contribution in [1.82, 2.24) is 15.1 Å². The lowest BCUT2D eigenvalue weighted by Gasteiger charge is -2.38. The molecule has 1 amide bonds. The molecule has 0 aromatic heterocycles. The highest BCUT2D eigenvalue weighted by atomic mass is 16.5. The molecule has 0 saturated carbocycles. The molecule has 0 aromatic rings. The van der Waals surface area contributed by atoms with Crippen LogP contribution in [0.4, 0.5) is 0 Å². The molecule has 1 N–H and O–H groups in total. The fraction of sp³-hybridized carbons (Fsp3) is 0.938. The molecule has 7 nitrogen and oxygen atoms in total. The maximum atomic E-state index is 12.2. The first-order chi connectivity index (χ1) is 11.2. The van der Waals surface area contributed by atoms with E-state index in [2.05, 4.69) is 15.1 Å². The van der Waals surface area contributed by atoms with Crippen LogP contribution in [0.15, 0.2) is 0 Å². The van der Waals surface area contributed by atoms with Gasteiger partial charge in [0.15, 0.2) is 0 Å². The standard InChI is InChI=1S/C16H31N3O4/c1-14(16(20)17-4-3-8-21-2)19-7-11-23-15(13-19)12-18-5-9-22-10-6-18/h14-15H,3-13H2,1-2H3,(H,17,20). The van der Waals surface area contributed by atoms with E-state index in [9.17, 15) is 4.79 Å². The summed E-state index contributed by atoms with van der Waals surface area (Å²) >= 11 is 0. The van der Waals surface area contributed by atoms with Crippen LogP contribution in [0.1, 0.15) is 13.3 Å². The molecule has 0 aromatic carbocycles. The number of hydrogen-bond donors (Lipinski definition) is 1. The van der Waals surface area contributed by atoms with Crippen LogP contribution in [0.3, 0.4) is 0 Å². The number of nitrogens with one attached hydrogen (secondary N) is 1. The van der Waals surface area contributed by atoms with Crippen molar-refractivity contribution in [1.29, 1.82) is 0 Å². The zero-order valence-corrected chi connectivity index (χ0v) is 14.5. The maximum Gasteiger partial charge on any atom is 0.237 e. The Morgan fingerprint density at radius 2 is 2.09 bits per heavy atom. The van der Waals surface area contributed by atoms with Crippen LogP contribution < -0.4 is 5.32 Å². The topological polar surface area (TPSA) is 63.3 Å². The largest absolute Gasteiger partial charge is 0.385 e. The van der Waals surface area contributed by atoms with Crippen molar-refractivity contribution in [3.8, 4) is 0 Å². The van der Waals surface area contributed by atoms with Crippen molar-refractivity contribution in [3.05, 3.63) is 0 Å². The van der Waals surface area contributed by atoms with E-state index in [4.69, 9.17) is 14.2 Å². The first kappa shape index (κ1) is 18.6. The molecule has 0 spiro atoms. The van der Waals surface area contributed by atoms with Gasteiger partial charge in [0.25, 0.3) is 0 Å². The number of carbonyl (C=O) groups excluding carboxylic acids is 1. The molecular formula is C16H31N3O4. The summed E-state index contributed by atoms with van der Waals surface area (Å²) in [4.78, 5) is 16.8. The minimum atomic E-state index is -0.117. The predicted octanol–water partition coefficient (Wildman–Crippen LogP) is -0.439. The summed E-state index contributed by atoms with van der Waals surface area (Å²) < 4.78 is 16.3. The van der Waals surface area contributed by atoms with Crippen LogP contribution in [-0.4, -0.2) is 101 Å². The molecule has 7 heteroatoms. The molecule has 0 bridgehead atoms. The Bertz CT molecular complexity index is 350. The molecule has 2 fully saturated rings. The molecule has 2 unspecified atom stereocenters. The van der Waals surface area contributed by atoms with E-state index in [1.807, 2.05) is 6.92 Å². The summed E-state index contributed by atoms with van der Waals surface area (Å²) in [5.41, 5.74) is 0. The van der Waals surface area contributed by atoms with Crippen molar-refractivity contribution in [2.45, 2.75) is 25.5 Å². The third-order valence-electron chi connectivity index (χ3n) is 4.49. The van der Waals surface area contributed by atoms with Gasteiger partial charge in [0.2, 0.25) is 5.91 Å². The van der Waals surface area contributed by atoms with E-state index in [1.54, 1.807) is 7.11 Å². The van der Waals surface area contributed by atoms with E-state index in [-0.39, 0.29) is 18.1 Å².